The molecule has 0 saturated carbocycles. The van der Waals surface area contributed by atoms with Gasteiger partial charge in [-0.15, -0.1) is 0 Å². The summed E-state index contributed by atoms with van der Waals surface area (Å²) in [7, 11) is -1.87. The summed E-state index contributed by atoms with van der Waals surface area (Å²) in [6.07, 6.45) is 0. The standard InChI is InChI=1S/C24H26N2Si/c1-27(2,3)26(23(19-25)20-13-7-4-8-14-20)24(21-15-9-5-10-16-21)22-17-11-6-12-18-22/h4-18,23-24H,1-3H3/t23-/m1/s1. The molecule has 2 nitrogen and oxygen atoms in total. The van der Waals surface area contributed by atoms with Crippen molar-refractivity contribution in [3.63, 3.8) is 0 Å². The molecule has 3 aromatic rings. The van der Waals surface area contributed by atoms with Gasteiger partial charge in [-0.05, 0) is 16.7 Å². The molecule has 3 aromatic carbocycles. The van der Waals surface area contributed by atoms with E-state index in [1.165, 1.54) is 11.1 Å². The van der Waals surface area contributed by atoms with Crippen molar-refractivity contribution in [2.45, 2.75) is 31.7 Å². The van der Waals surface area contributed by atoms with E-state index in [0.29, 0.717) is 0 Å². The highest BCUT2D eigenvalue weighted by Gasteiger charge is 2.38. The van der Waals surface area contributed by atoms with Crippen molar-refractivity contribution in [2.24, 2.45) is 0 Å². The molecule has 3 rings (SSSR count). The molecule has 1 atom stereocenters. The van der Waals surface area contributed by atoms with Crippen molar-refractivity contribution in [2.75, 3.05) is 0 Å². The van der Waals surface area contributed by atoms with Crippen molar-refractivity contribution in [3.05, 3.63) is 108 Å². The normalized spacial score (nSPS) is 12.7. The maximum absolute atomic E-state index is 10.2. The van der Waals surface area contributed by atoms with E-state index >= 15 is 0 Å². The molecular weight excluding hydrogens is 344 g/mol. The molecule has 0 aliphatic heterocycles. The zero-order valence-corrected chi connectivity index (χ0v) is 17.2. The Morgan fingerprint density at radius 1 is 0.667 bits per heavy atom. The van der Waals surface area contributed by atoms with Crippen molar-refractivity contribution in [1.29, 1.82) is 5.26 Å². The van der Waals surface area contributed by atoms with Crippen LogP contribution in [0.5, 0.6) is 0 Å². The summed E-state index contributed by atoms with van der Waals surface area (Å²) in [4.78, 5) is 0. The fourth-order valence-electron chi connectivity index (χ4n) is 3.64. The Labute approximate surface area is 163 Å². The number of rotatable bonds is 6. The van der Waals surface area contributed by atoms with E-state index in [2.05, 4.69) is 90.9 Å². The Morgan fingerprint density at radius 2 is 1.04 bits per heavy atom. The Kier molecular flexibility index (Phi) is 5.90. The van der Waals surface area contributed by atoms with Crippen LogP contribution in [-0.4, -0.2) is 12.8 Å². The molecule has 27 heavy (non-hydrogen) atoms. The number of hydrogen-bond acceptors (Lipinski definition) is 2. The highest BCUT2D eigenvalue weighted by atomic mass is 28.3. The zero-order chi connectivity index (χ0) is 19.3. The van der Waals surface area contributed by atoms with Crippen molar-refractivity contribution < 1.29 is 0 Å². The molecule has 0 amide bonds. The van der Waals surface area contributed by atoms with E-state index in [4.69, 9.17) is 0 Å². The molecule has 0 heterocycles. The maximum atomic E-state index is 10.2. The molecule has 0 aliphatic carbocycles. The molecule has 0 aromatic heterocycles. The summed E-state index contributed by atoms with van der Waals surface area (Å²) in [5.41, 5.74) is 3.50. The van der Waals surface area contributed by atoms with Crippen LogP contribution in [0.15, 0.2) is 91.0 Å². The van der Waals surface area contributed by atoms with E-state index in [0.717, 1.165) is 5.56 Å². The second-order valence-electron chi connectivity index (χ2n) is 7.74. The van der Waals surface area contributed by atoms with E-state index in [-0.39, 0.29) is 12.1 Å². The fraction of sp³-hybridized carbons (Fsp3) is 0.208. The lowest BCUT2D eigenvalue weighted by atomic mass is 9.96. The van der Waals surface area contributed by atoms with Gasteiger partial charge in [0.2, 0.25) is 0 Å². The first-order valence-corrected chi connectivity index (χ1v) is 12.8. The maximum Gasteiger partial charge on any atom is 0.122 e. The van der Waals surface area contributed by atoms with Crippen LogP contribution in [0.2, 0.25) is 19.6 Å². The monoisotopic (exact) mass is 370 g/mol. The molecule has 0 aliphatic rings. The largest absolute Gasteiger partial charge is 0.295 e. The second-order valence-corrected chi connectivity index (χ2v) is 12.6. The fourth-order valence-corrected chi connectivity index (χ4v) is 5.69. The third-order valence-corrected chi connectivity index (χ3v) is 6.86. The summed E-state index contributed by atoms with van der Waals surface area (Å²) in [6, 6.07) is 33.6. The van der Waals surface area contributed by atoms with Gasteiger partial charge in [0.15, 0.2) is 0 Å². The van der Waals surface area contributed by atoms with Gasteiger partial charge in [0.1, 0.15) is 14.3 Å². The summed E-state index contributed by atoms with van der Waals surface area (Å²) in [5.74, 6) is 0. The molecule has 0 N–H and O–H groups in total. The molecular formula is C24H26N2Si. The number of hydrogen-bond donors (Lipinski definition) is 0. The predicted octanol–water partition coefficient (Wildman–Crippen LogP) is 6.18. The van der Waals surface area contributed by atoms with Crippen LogP contribution in [0, 0.1) is 11.3 Å². The first kappa shape index (κ1) is 19.1. The van der Waals surface area contributed by atoms with E-state index < -0.39 is 8.24 Å². The highest BCUT2D eigenvalue weighted by Crippen LogP contribution is 2.39. The molecule has 0 unspecified atom stereocenters. The molecule has 0 radical (unpaired) electrons. The van der Waals surface area contributed by atoms with E-state index in [9.17, 15) is 5.26 Å². The van der Waals surface area contributed by atoms with Gasteiger partial charge in [0, 0.05) is 0 Å². The Bertz CT molecular complexity index is 841. The van der Waals surface area contributed by atoms with Gasteiger partial charge in [-0.2, -0.15) is 5.26 Å². The number of nitrogens with zero attached hydrogens (tertiary/aromatic N) is 2. The third-order valence-electron chi connectivity index (χ3n) is 4.80. The highest BCUT2D eigenvalue weighted by molar-refractivity contribution is 6.73. The lowest BCUT2D eigenvalue weighted by molar-refractivity contribution is 0.319. The first-order chi connectivity index (χ1) is 13.0. The number of nitriles is 1. The molecule has 0 fully saturated rings. The van der Waals surface area contributed by atoms with Crippen LogP contribution in [0.25, 0.3) is 0 Å². The van der Waals surface area contributed by atoms with Gasteiger partial charge >= 0.3 is 0 Å². The lowest BCUT2D eigenvalue weighted by Crippen LogP contribution is -2.50. The summed E-state index contributed by atoms with van der Waals surface area (Å²) >= 11 is 0. The minimum Gasteiger partial charge on any atom is -0.295 e. The molecule has 0 bridgehead atoms. The van der Waals surface area contributed by atoms with Crippen molar-refractivity contribution in [3.8, 4) is 6.07 Å². The van der Waals surface area contributed by atoms with Crippen LogP contribution >= 0.6 is 0 Å². The summed E-state index contributed by atoms with van der Waals surface area (Å²) < 4.78 is 2.47. The van der Waals surface area contributed by atoms with Gasteiger partial charge in [0.05, 0.1) is 12.1 Å². The number of benzene rings is 3. The first-order valence-electron chi connectivity index (χ1n) is 9.35. The lowest BCUT2D eigenvalue weighted by Gasteiger charge is -2.44. The second kappa shape index (κ2) is 8.35. The van der Waals surface area contributed by atoms with E-state index in [1.54, 1.807) is 0 Å². The molecule has 3 heteroatoms. The average Bonchev–Trinajstić information content (AvgIpc) is 2.69. The van der Waals surface area contributed by atoms with Crippen LogP contribution < -0.4 is 0 Å². The SMILES string of the molecule is C[Si](C)(C)N(C(c1ccccc1)c1ccccc1)[C@H](C#N)c1ccccc1. The Hall–Kier alpha value is -2.67. The van der Waals surface area contributed by atoms with Gasteiger partial charge in [-0.25, -0.2) is 0 Å². The van der Waals surface area contributed by atoms with Crippen LogP contribution in [-0.2, 0) is 0 Å². The van der Waals surface area contributed by atoms with Gasteiger partial charge in [-0.1, -0.05) is 111 Å². The average molecular weight is 371 g/mol. The topological polar surface area (TPSA) is 27.0 Å². The third kappa shape index (κ3) is 4.36. The van der Waals surface area contributed by atoms with Gasteiger partial charge in [0.25, 0.3) is 0 Å². The molecule has 0 spiro atoms. The van der Waals surface area contributed by atoms with Gasteiger partial charge in [-0.3, -0.25) is 4.57 Å². The van der Waals surface area contributed by atoms with Crippen LogP contribution in [0.3, 0.4) is 0 Å². The minimum atomic E-state index is -1.87. The smallest absolute Gasteiger partial charge is 0.122 e. The molecule has 0 saturated heterocycles. The molecule has 136 valence electrons. The van der Waals surface area contributed by atoms with Gasteiger partial charge < -0.3 is 0 Å². The quantitative estimate of drug-likeness (QED) is 0.485. The summed E-state index contributed by atoms with van der Waals surface area (Å²) in [5, 5.41) is 10.2. The van der Waals surface area contributed by atoms with Crippen molar-refractivity contribution in [1.82, 2.24) is 4.57 Å². The van der Waals surface area contributed by atoms with Crippen molar-refractivity contribution >= 4 is 8.24 Å². The van der Waals surface area contributed by atoms with E-state index in [1.807, 2.05) is 30.3 Å². The van der Waals surface area contributed by atoms with Crippen LogP contribution in [0.4, 0.5) is 0 Å². The Balaban J connectivity index is 2.20. The zero-order valence-electron chi connectivity index (χ0n) is 16.2. The predicted molar refractivity (Wildman–Crippen MR) is 115 cm³/mol. The minimum absolute atomic E-state index is 0.0453. The summed E-state index contributed by atoms with van der Waals surface area (Å²) in [6.45, 7) is 6.96. The van der Waals surface area contributed by atoms with Crippen LogP contribution in [0.1, 0.15) is 28.8 Å². The Morgan fingerprint density at radius 3 is 1.37 bits per heavy atom.